The molecule has 0 saturated carbocycles. The summed E-state index contributed by atoms with van der Waals surface area (Å²) in [6, 6.07) is 1.55. The third-order valence-electron chi connectivity index (χ3n) is 3.06. The van der Waals surface area contributed by atoms with Crippen LogP contribution in [0.4, 0.5) is 5.82 Å². The standard InChI is InChI=1S/C12H17N3O2/c1-8-3-9(2)6-15(5-8)11-4-10(12(16)17)13-7-14-11/h4,7-9H,3,5-6H2,1-2H3,(H,16,17). The van der Waals surface area contributed by atoms with Crippen LogP contribution in [0.2, 0.25) is 0 Å². The molecule has 17 heavy (non-hydrogen) atoms. The van der Waals surface area contributed by atoms with E-state index in [9.17, 15) is 4.79 Å². The summed E-state index contributed by atoms with van der Waals surface area (Å²) in [5, 5.41) is 8.90. The second-order valence-electron chi connectivity index (χ2n) is 4.92. The van der Waals surface area contributed by atoms with Gasteiger partial charge >= 0.3 is 5.97 Å². The van der Waals surface area contributed by atoms with E-state index in [1.807, 2.05) is 0 Å². The fourth-order valence-electron chi connectivity index (χ4n) is 2.49. The second-order valence-corrected chi connectivity index (χ2v) is 4.92. The maximum Gasteiger partial charge on any atom is 0.354 e. The molecule has 0 spiro atoms. The lowest BCUT2D eigenvalue weighted by atomic mass is 9.92. The van der Waals surface area contributed by atoms with E-state index in [1.165, 1.54) is 12.7 Å². The number of hydrogen-bond acceptors (Lipinski definition) is 4. The van der Waals surface area contributed by atoms with Crippen LogP contribution in [-0.4, -0.2) is 34.1 Å². The highest BCUT2D eigenvalue weighted by molar-refractivity contribution is 5.86. The number of piperidine rings is 1. The molecule has 2 atom stereocenters. The van der Waals surface area contributed by atoms with Crippen LogP contribution in [0.3, 0.4) is 0 Å². The van der Waals surface area contributed by atoms with Gasteiger partial charge in [0, 0.05) is 19.2 Å². The van der Waals surface area contributed by atoms with Crippen LogP contribution in [0.5, 0.6) is 0 Å². The van der Waals surface area contributed by atoms with Crippen LogP contribution in [0.1, 0.15) is 30.8 Å². The third-order valence-corrected chi connectivity index (χ3v) is 3.06. The topological polar surface area (TPSA) is 66.3 Å². The summed E-state index contributed by atoms with van der Waals surface area (Å²) in [5.74, 6) is 0.937. The second kappa shape index (κ2) is 4.69. The van der Waals surface area contributed by atoms with Crippen molar-refractivity contribution in [2.75, 3.05) is 18.0 Å². The van der Waals surface area contributed by atoms with E-state index >= 15 is 0 Å². The zero-order chi connectivity index (χ0) is 12.4. The lowest BCUT2D eigenvalue weighted by Gasteiger charge is -2.35. The third kappa shape index (κ3) is 2.72. The summed E-state index contributed by atoms with van der Waals surface area (Å²) in [5.41, 5.74) is 0.0564. The molecule has 0 aliphatic carbocycles. The monoisotopic (exact) mass is 235 g/mol. The van der Waals surface area contributed by atoms with Crippen LogP contribution in [-0.2, 0) is 0 Å². The zero-order valence-electron chi connectivity index (χ0n) is 10.1. The first-order valence-electron chi connectivity index (χ1n) is 5.86. The van der Waals surface area contributed by atoms with Gasteiger partial charge in [0.1, 0.15) is 12.1 Å². The quantitative estimate of drug-likeness (QED) is 0.844. The fraction of sp³-hybridized carbons (Fsp3) is 0.583. The first kappa shape index (κ1) is 11.8. The number of rotatable bonds is 2. The van der Waals surface area contributed by atoms with E-state index in [-0.39, 0.29) is 5.69 Å². The highest BCUT2D eigenvalue weighted by Crippen LogP contribution is 2.24. The van der Waals surface area contributed by atoms with Gasteiger partial charge in [0.15, 0.2) is 5.69 Å². The Balaban J connectivity index is 2.21. The molecule has 1 fully saturated rings. The number of carboxylic acids is 1. The van der Waals surface area contributed by atoms with E-state index in [1.54, 1.807) is 6.07 Å². The largest absolute Gasteiger partial charge is 0.477 e. The van der Waals surface area contributed by atoms with E-state index in [0.717, 1.165) is 18.9 Å². The van der Waals surface area contributed by atoms with Gasteiger partial charge in [0.2, 0.25) is 0 Å². The first-order valence-corrected chi connectivity index (χ1v) is 5.86. The molecule has 1 N–H and O–H groups in total. The molecule has 2 unspecified atom stereocenters. The predicted molar refractivity (Wildman–Crippen MR) is 64.1 cm³/mol. The van der Waals surface area contributed by atoms with Gasteiger partial charge < -0.3 is 10.0 Å². The molecule has 1 aliphatic heterocycles. The lowest BCUT2D eigenvalue weighted by Crippen LogP contribution is -2.39. The smallest absolute Gasteiger partial charge is 0.354 e. The maximum absolute atomic E-state index is 10.9. The van der Waals surface area contributed by atoms with Gasteiger partial charge in [-0.3, -0.25) is 0 Å². The number of carboxylic acid groups (broad SMARTS) is 1. The zero-order valence-corrected chi connectivity index (χ0v) is 10.1. The molecule has 5 nitrogen and oxygen atoms in total. The minimum Gasteiger partial charge on any atom is -0.477 e. The summed E-state index contributed by atoms with van der Waals surface area (Å²) >= 11 is 0. The van der Waals surface area contributed by atoms with Crippen molar-refractivity contribution < 1.29 is 9.90 Å². The molecular formula is C12H17N3O2. The molecule has 0 aromatic carbocycles. The number of carbonyl (C=O) groups is 1. The molecule has 5 heteroatoms. The Hall–Kier alpha value is -1.65. The Kier molecular flexibility index (Phi) is 3.26. The van der Waals surface area contributed by atoms with E-state index in [4.69, 9.17) is 5.11 Å². The fourth-order valence-corrected chi connectivity index (χ4v) is 2.49. The average Bonchev–Trinajstić information content (AvgIpc) is 2.28. The van der Waals surface area contributed by atoms with Gasteiger partial charge in [-0.2, -0.15) is 0 Å². The molecule has 0 amide bonds. The molecule has 1 saturated heterocycles. The summed E-state index contributed by atoms with van der Waals surface area (Å²) < 4.78 is 0. The highest BCUT2D eigenvalue weighted by Gasteiger charge is 2.23. The van der Waals surface area contributed by atoms with Gasteiger partial charge in [0.25, 0.3) is 0 Å². The van der Waals surface area contributed by atoms with Gasteiger partial charge in [-0.25, -0.2) is 14.8 Å². The minimum atomic E-state index is -1.01. The van der Waals surface area contributed by atoms with E-state index in [2.05, 4.69) is 28.7 Å². The molecule has 0 bridgehead atoms. The lowest BCUT2D eigenvalue weighted by molar-refractivity contribution is 0.0690. The number of nitrogens with zero attached hydrogens (tertiary/aromatic N) is 3. The molecular weight excluding hydrogens is 218 g/mol. The normalized spacial score (nSPS) is 24.7. The number of aromatic carboxylic acids is 1. The van der Waals surface area contributed by atoms with Crippen LogP contribution >= 0.6 is 0 Å². The predicted octanol–water partition coefficient (Wildman–Crippen LogP) is 1.66. The Morgan fingerprint density at radius 1 is 1.35 bits per heavy atom. The van der Waals surface area contributed by atoms with Gasteiger partial charge in [-0.1, -0.05) is 13.8 Å². The summed E-state index contributed by atoms with van der Waals surface area (Å²) in [6.07, 6.45) is 2.54. The SMILES string of the molecule is CC1CC(C)CN(c2cc(C(=O)O)ncn2)C1. The molecule has 1 aromatic rings. The van der Waals surface area contributed by atoms with Gasteiger partial charge in [-0.15, -0.1) is 0 Å². The van der Waals surface area contributed by atoms with Crippen molar-refractivity contribution in [3.63, 3.8) is 0 Å². The van der Waals surface area contributed by atoms with Crippen molar-refractivity contribution in [2.45, 2.75) is 20.3 Å². The Morgan fingerprint density at radius 3 is 2.59 bits per heavy atom. The van der Waals surface area contributed by atoms with Crippen LogP contribution in [0.15, 0.2) is 12.4 Å². The van der Waals surface area contributed by atoms with Crippen LogP contribution in [0, 0.1) is 11.8 Å². The Labute approximate surface area is 100 Å². The Bertz CT molecular complexity index is 412. The van der Waals surface area contributed by atoms with E-state index < -0.39 is 5.97 Å². The molecule has 1 aliphatic rings. The summed E-state index contributed by atoms with van der Waals surface area (Å²) in [4.78, 5) is 20.9. The number of aromatic nitrogens is 2. The Morgan fingerprint density at radius 2 is 2.00 bits per heavy atom. The molecule has 2 heterocycles. The minimum absolute atomic E-state index is 0.0564. The van der Waals surface area contributed by atoms with Crippen LogP contribution in [0.25, 0.3) is 0 Å². The average molecular weight is 235 g/mol. The van der Waals surface area contributed by atoms with Crippen molar-refractivity contribution >= 4 is 11.8 Å². The van der Waals surface area contributed by atoms with Gasteiger partial charge in [0.05, 0.1) is 0 Å². The molecule has 0 radical (unpaired) electrons. The van der Waals surface area contributed by atoms with E-state index in [0.29, 0.717) is 11.8 Å². The highest BCUT2D eigenvalue weighted by atomic mass is 16.4. The molecule has 1 aromatic heterocycles. The summed E-state index contributed by atoms with van der Waals surface area (Å²) in [6.45, 7) is 6.28. The van der Waals surface area contributed by atoms with Gasteiger partial charge in [-0.05, 0) is 18.3 Å². The number of anilines is 1. The molecule has 92 valence electrons. The van der Waals surface area contributed by atoms with Crippen molar-refractivity contribution in [1.29, 1.82) is 0 Å². The van der Waals surface area contributed by atoms with Crippen molar-refractivity contribution in [3.05, 3.63) is 18.1 Å². The van der Waals surface area contributed by atoms with Crippen molar-refractivity contribution in [2.24, 2.45) is 11.8 Å². The van der Waals surface area contributed by atoms with Crippen molar-refractivity contribution in [1.82, 2.24) is 9.97 Å². The maximum atomic E-state index is 10.9. The van der Waals surface area contributed by atoms with Crippen LogP contribution < -0.4 is 4.90 Å². The first-order chi connectivity index (χ1) is 8.06. The molecule has 2 rings (SSSR count). The number of hydrogen-bond donors (Lipinski definition) is 1. The van der Waals surface area contributed by atoms with Crippen molar-refractivity contribution in [3.8, 4) is 0 Å². The summed E-state index contributed by atoms with van der Waals surface area (Å²) in [7, 11) is 0.